The Morgan fingerprint density at radius 3 is 2.39 bits per heavy atom. The van der Waals surface area contributed by atoms with E-state index < -0.39 is 24.3 Å². The Morgan fingerprint density at radius 1 is 0.898 bits per heavy atom. The molecule has 2 amide bonds. The molecule has 0 aliphatic carbocycles. The van der Waals surface area contributed by atoms with Gasteiger partial charge in [-0.05, 0) is 59.0 Å². The van der Waals surface area contributed by atoms with Crippen molar-refractivity contribution in [3.8, 4) is 11.1 Å². The predicted octanol–water partition coefficient (Wildman–Crippen LogP) is 5.89. The number of benzene rings is 3. The van der Waals surface area contributed by atoms with Gasteiger partial charge in [0.1, 0.15) is 11.6 Å². The van der Waals surface area contributed by atoms with Gasteiger partial charge in [0.25, 0.3) is 0 Å². The first-order valence-electron chi connectivity index (χ1n) is 15.9. The molecule has 2 heterocycles. The number of rotatable bonds is 13. The predicted molar refractivity (Wildman–Crippen MR) is 184 cm³/mol. The van der Waals surface area contributed by atoms with Crippen LogP contribution in [0.1, 0.15) is 58.9 Å². The molecule has 1 aliphatic rings. The number of carboxylic acid groups (broad SMARTS) is 1. The summed E-state index contributed by atoms with van der Waals surface area (Å²) in [6.07, 6.45) is 0.199. The Kier molecular flexibility index (Phi) is 12.4. The van der Waals surface area contributed by atoms with E-state index in [9.17, 15) is 24.6 Å². The van der Waals surface area contributed by atoms with E-state index in [1.165, 1.54) is 17.8 Å². The van der Waals surface area contributed by atoms with Crippen LogP contribution in [0, 0.1) is 5.92 Å². The molecule has 0 saturated carbocycles. The second-order valence-corrected chi connectivity index (χ2v) is 12.5. The fraction of sp³-hybridized carbons (Fsp3) is 0.297. The number of carboxylic acids is 1. The van der Waals surface area contributed by atoms with Gasteiger partial charge < -0.3 is 35.1 Å². The van der Waals surface area contributed by atoms with Gasteiger partial charge in [-0.3, -0.25) is 4.79 Å². The third-order valence-corrected chi connectivity index (χ3v) is 9.17. The minimum absolute atomic E-state index is 0.0604. The van der Waals surface area contributed by atoms with E-state index in [4.69, 9.17) is 14.2 Å². The van der Waals surface area contributed by atoms with Gasteiger partial charge in [-0.15, -0.1) is 11.8 Å². The highest BCUT2D eigenvalue weighted by Gasteiger charge is 2.38. The van der Waals surface area contributed by atoms with Crippen LogP contribution < -0.4 is 10.6 Å². The number of ether oxygens (including phenoxy) is 3. The Hall–Kier alpha value is -4.75. The standard InChI is InChI=1S/C37H39N3O8S/c1-3-46-32(42)20-40-37(45)39-19-25-7-4-8-27(17-25)28-9-5-10-29(18-28)36-47-31(22-49-34-30(35(43)44)11-6-16-38-34)23(2)33(48-36)26-14-12-24(21-41)13-15-26/h4-18,23,31,33,36,41H,3,19-22H2,1-2H3,(H,43,44)(H2,39,40,45). The summed E-state index contributed by atoms with van der Waals surface area (Å²) >= 11 is 1.34. The molecule has 0 spiro atoms. The Morgan fingerprint density at radius 2 is 1.65 bits per heavy atom. The van der Waals surface area contributed by atoms with E-state index in [0.29, 0.717) is 10.8 Å². The molecule has 4 unspecified atom stereocenters. The normalized spacial score (nSPS) is 18.8. The maximum atomic E-state index is 12.2. The number of nitrogens with zero attached hydrogens (tertiary/aromatic N) is 1. The molecular weight excluding hydrogens is 646 g/mol. The lowest BCUT2D eigenvalue weighted by atomic mass is 9.91. The molecule has 4 aromatic rings. The summed E-state index contributed by atoms with van der Waals surface area (Å²) in [7, 11) is 0. The summed E-state index contributed by atoms with van der Waals surface area (Å²) in [5, 5.41) is 24.9. The van der Waals surface area contributed by atoms with Gasteiger partial charge >= 0.3 is 18.0 Å². The number of pyridine rings is 1. The van der Waals surface area contributed by atoms with Crippen LogP contribution in [0.15, 0.2) is 96.2 Å². The topological polar surface area (TPSA) is 156 Å². The maximum absolute atomic E-state index is 12.2. The van der Waals surface area contributed by atoms with Crippen LogP contribution >= 0.6 is 11.8 Å². The van der Waals surface area contributed by atoms with Crippen molar-refractivity contribution in [1.29, 1.82) is 0 Å². The number of thioether (sulfide) groups is 1. The second-order valence-electron chi connectivity index (χ2n) is 11.5. The molecule has 1 fully saturated rings. The second kappa shape index (κ2) is 17.1. The first-order chi connectivity index (χ1) is 23.7. The summed E-state index contributed by atoms with van der Waals surface area (Å²) in [6, 6.07) is 26.0. The van der Waals surface area contributed by atoms with E-state index in [1.54, 1.807) is 19.2 Å². The third-order valence-electron chi connectivity index (χ3n) is 8.08. The summed E-state index contributed by atoms with van der Waals surface area (Å²) in [6.45, 7) is 3.98. The SMILES string of the molecule is CCOC(=O)CNC(=O)NCc1cccc(-c2cccc(C3OC(CSc4ncccc4C(=O)O)C(C)C(c4ccc(CO)cc4)O3)c2)c1. The lowest BCUT2D eigenvalue weighted by Crippen LogP contribution is -2.38. The summed E-state index contributed by atoms with van der Waals surface area (Å²) in [5.41, 5.74) is 5.41. The van der Waals surface area contributed by atoms with Crippen LogP contribution in [0.25, 0.3) is 11.1 Å². The van der Waals surface area contributed by atoms with Crippen LogP contribution in [0.2, 0.25) is 0 Å². The number of carbonyl (C=O) groups is 3. The quantitative estimate of drug-likeness (QED) is 0.0990. The minimum Gasteiger partial charge on any atom is -0.478 e. The molecule has 0 bridgehead atoms. The zero-order valence-corrected chi connectivity index (χ0v) is 28.0. The summed E-state index contributed by atoms with van der Waals surface area (Å²) in [5.74, 6) is -1.18. The number of nitrogens with one attached hydrogen (secondary N) is 2. The monoisotopic (exact) mass is 685 g/mol. The van der Waals surface area contributed by atoms with E-state index in [2.05, 4.69) is 22.5 Å². The van der Waals surface area contributed by atoms with Gasteiger partial charge in [0.15, 0.2) is 6.29 Å². The smallest absolute Gasteiger partial charge is 0.338 e. The first kappa shape index (κ1) is 35.6. The average molecular weight is 686 g/mol. The number of hydrogen-bond acceptors (Lipinski definition) is 9. The van der Waals surface area contributed by atoms with Gasteiger partial charge in [-0.25, -0.2) is 14.6 Å². The number of aliphatic hydroxyl groups excluding tert-OH is 1. The zero-order valence-electron chi connectivity index (χ0n) is 27.2. The molecule has 11 nitrogen and oxygen atoms in total. The molecular formula is C37H39N3O8S. The van der Waals surface area contributed by atoms with Gasteiger partial charge in [0.05, 0.1) is 31.0 Å². The number of aromatic carboxylic acids is 1. The van der Waals surface area contributed by atoms with E-state index in [-0.39, 0.29) is 50.0 Å². The molecule has 3 aromatic carbocycles. The molecule has 256 valence electrons. The highest BCUT2D eigenvalue weighted by molar-refractivity contribution is 7.99. The molecule has 1 aromatic heterocycles. The van der Waals surface area contributed by atoms with Crippen LogP contribution in [0.5, 0.6) is 0 Å². The summed E-state index contributed by atoms with van der Waals surface area (Å²) < 4.78 is 18.1. The largest absolute Gasteiger partial charge is 0.478 e. The molecule has 49 heavy (non-hydrogen) atoms. The van der Waals surface area contributed by atoms with Gasteiger partial charge in [-0.1, -0.05) is 67.6 Å². The highest BCUT2D eigenvalue weighted by atomic mass is 32.2. The fourth-order valence-corrected chi connectivity index (χ4v) is 6.63. The molecule has 1 saturated heterocycles. The summed E-state index contributed by atoms with van der Waals surface area (Å²) in [4.78, 5) is 39.8. The fourth-order valence-electron chi connectivity index (χ4n) is 5.47. The van der Waals surface area contributed by atoms with E-state index in [1.807, 2.05) is 72.8 Å². The number of urea groups is 1. The van der Waals surface area contributed by atoms with Gasteiger partial charge in [0, 0.05) is 30.0 Å². The van der Waals surface area contributed by atoms with Crippen LogP contribution in [0.3, 0.4) is 0 Å². The molecule has 12 heteroatoms. The van der Waals surface area contributed by atoms with Gasteiger partial charge in [-0.2, -0.15) is 0 Å². The third kappa shape index (κ3) is 9.45. The van der Waals surface area contributed by atoms with Crippen molar-refractivity contribution >= 4 is 29.7 Å². The van der Waals surface area contributed by atoms with Crippen molar-refractivity contribution < 1.29 is 38.8 Å². The van der Waals surface area contributed by atoms with Crippen LogP contribution in [-0.2, 0) is 32.2 Å². The zero-order chi connectivity index (χ0) is 34.8. The Balaban J connectivity index is 1.34. The van der Waals surface area contributed by atoms with E-state index >= 15 is 0 Å². The number of esters is 1. The number of amides is 2. The van der Waals surface area contributed by atoms with Crippen molar-refractivity contribution in [3.05, 3.63) is 119 Å². The lowest BCUT2D eigenvalue weighted by Gasteiger charge is -2.41. The lowest BCUT2D eigenvalue weighted by molar-refractivity contribution is -0.268. The average Bonchev–Trinajstić information content (AvgIpc) is 3.13. The van der Waals surface area contributed by atoms with Crippen molar-refractivity contribution in [3.63, 3.8) is 0 Å². The van der Waals surface area contributed by atoms with Crippen molar-refractivity contribution in [1.82, 2.24) is 15.6 Å². The first-order valence-corrected chi connectivity index (χ1v) is 16.9. The number of aromatic nitrogens is 1. The molecule has 4 N–H and O–H groups in total. The minimum atomic E-state index is -1.04. The highest BCUT2D eigenvalue weighted by Crippen LogP contribution is 2.43. The Labute approximate surface area is 289 Å². The molecule has 5 rings (SSSR count). The maximum Gasteiger partial charge on any atom is 0.338 e. The van der Waals surface area contributed by atoms with Crippen molar-refractivity contribution in [2.45, 2.75) is 50.5 Å². The Bertz CT molecular complexity index is 1750. The number of hydrogen-bond donors (Lipinski definition) is 4. The van der Waals surface area contributed by atoms with Crippen LogP contribution in [0.4, 0.5) is 4.79 Å². The van der Waals surface area contributed by atoms with Crippen molar-refractivity contribution in [2.75, 3.05) is 18.9 Å². The van der Waals surface area contributed by atoms with Crippen LogP contribution in [-0.4, -0.2) is 58.2 Å². The van der Waals surface area contributed by atoms with Gasteiger partial charge in [0.2, 0.25) is 0 Å². The van der Waals surface area contributed by atoms with E-state index in [0.717, 1.165) is 33.4 Å². The molecule has 4 atom stereocenters. The molecule has 0 radical (unpaired) electrons. The molecule has 1 aliphatic heterocycles. The van der Waals surface area contributed by atoms with Crippen molar-refractivity contribution in [2.24, 2.45) is 5.92 Å². The number of aliphatic hydroxyl groups is 1. The number of carbonyl (C=O) groups excluding carboxylic acids is 2.